The maximum absolute atomic E-state index is 10.4. The average Bonchev–Trinajstić information content (AvgIpc) is 2.28. The number of pyridine rings is 1. The number of hydrogen-bond acceptors (Lipinski definition) is 4. The van der Waals surface area contributed by atoms with E-state index in [1.807, 2.05) is 6.07 Å². The van der Waals surface area contributed by atoms with Gasteiger partial charge in [0.15, 0.2) is 0 Å². The highest BCUT2D eigenvalue weighted by atomic mass is 16.4. The Morgan fingerprint density at radius 2 is 2.41 bits per heavy atom. The second kappa shape index (κ2) is 5.61. The Balaban J connectivity index is 2.64. The van der Waals surface area contributed by atoms with Gasteiger partial charge in [-0.15, -0.1) is 0 Å². The maximum Gasteiger partial charge on any atom is 0.404 e. The summed E-state index contributed by atoms with van der Waals surface area (Å²) in [6.45, 7) is 1.67. The van der Waals surface area contributed by atoms with Gasteiger partial charge >= 0.3 is 6.09 Å². The smallest absolute Gasteiger partial charge is 0.404 e. The van der Waals surface area contributed by atoms with Crippen LogP contribution in [0.4, 0.5) is 4.79 Å². The van der Waals surface area contributed by atoms with Gasteiger partial charge < -0.3 is 15.8 Å². The summed E-state index contributed by atoms with van der Waals surface area (Å²) in [6, 6.07) is 4.74. The van der Waals surface area contributed by atoms with Crippen molar-refractivity contribution in [3.8, 4) is 6.07 Å². The number of hydrogen-bond donors (Lipinski definition) is 3. The number of carbonyl (C=O) groups is 1. The number of nitrogens with one attached hydrogen (secondary N) is 2. The summed E-state index contributed by atoms with van der Waals surface area (Å²) in [4.78, 5) is 14.3. The van der Waals surface area contributed by atoms with Crippen molar-refractivity contribution in [3.05, 3.63) is 29.6 Å². The van der Waals surface area contributed by atoms with E-state index >= 15 is 0 Å². The van der Waals surface area contributed by atoms with Crippen LogP contribution < -0.4 is 5.32 Å². The van der Waals surface area contributed by atoms with E-state index in [1.54, 1.807) is 19.1 Å². The molecule has 6 nitrogen and oxygen atoms in total. The van der Waals surface area contributed by atoms with Gasteiger partial charge in [-0.25, -0.2) is 4.79 Å². The lowest BCUT2D eigenvalue weighted by atomic mass is 10.1. The summed E-state index contributed by atoms with van der Waals surface area (Å²) < 4.78 is 0. The molecule has 1 rings (SSSR count). The monoisotopic (exact) mass is 232 g/mol. The molecule has 0 aliphatic rings. The molecule has 1 heterocycles. The van der Waals surface area contributed by atoms with Crippen LogP contribution in [0.2, 0.25) is 0 Å². The third kappa shape index (κ3) is 3.91. The van der Waals surface area contributed by atoms with Crippen molar-refractivity contribution in [3.63, 3.8) is 0 Å². The zero-order valence-electron chi connectivity index (χ0n) is 9.27. The van der Waals surface area contributed by atoms with Crippen molar-refractivity contribution < 1.29 is 9.90 Å². The molecule has 0 radical (unpaired) electrons. The second-order valence-electron chi connectivity index (χ2n) is 3.58. The Bertz CT molecular complexity index is 461. The van der Waals surface area contributed by atoms with Crippen LogP contribution in [0, 0.1) is 16.7 Å². The molecule has 0 fully saturated rings. The molecule has 3 N–H and O–H groups in total. The first-order valence-corrected chi connectivity index (χ1v) is 4.96. The van der Waals surface area contributed by atoms with Crippen molar-refractivity contribution in [1.29, 1.82) is 10.7 Å². The summed E-state index contributed by atoms with van der Waals surface area (Å²) in [5.41, 5.74) is 1.11. The Hall–Kier alpha value is -2.42. The molecule has 0 aliphatic carbocycles. The molecule has 1 unspecified atom stereocenters. The van der Waals surface area contributed by atoms with Crippen LogP contribution in [-0.2, 0) is 0 Å². The van der Waals surface area contributed by atoms with Crippen LogP contribution >= 0.6 is 0 Å². The summed E-state index contributed by atoms with van der Waals surface area (Å²) in [6.07, 6.45) is 0.530. The van der Waals surface area contributed by atoms with Gasteiger partial charge in [-0.05, 0) is 19.1 Å². The topological polar surface area (TPSA) is 110 Å². The summed E-state index contributed by atoms with van der Waals surface area (Å²) in [7, 11) is 0. The molecule has 1 aromatic heterocycles. The standard InChI is InChI=1S/C11H12N4O2/c1-7(15-11(16)17)4-9(13)10-3-2-8(5-12)6-14-10/h2-3,6-7,13,15H,4H2,1H3,(H,16,17). The van der Waals surface area contributed by atoms with Gasteiger partial charge in [0.05, 0.1) is 17.0 Å². The lowest BCUT2D eigenvalue weighted by Gasteiger charge is -2.11. The number of amides is 1. The predicted octanol–water partition coefficient (Wildman–Crippen LogP) is 1.37. The fourth-order valence-corrected chi connectivity index (χ4v) is 1.31. The Kier molecular flexibility index (Phi) is 4.17. The van der Waals surface area contributed by atoms with Crippen molar-refractivity contribution in [2.75, 3.05) is 0 Å². The minimum atomic E-state index is -1.11. The minimum Gasteiger partial charge on any atom is -0.465 e. The number of nitrogens with zero attached hydrogens (tertiary/aromatic N) is 2. The number of nitriles is 1. The highest BCUT2D eigenvalue weighted by molar-refractivity contribution is 5.96. The number of rotatable bonds is 4. The van der Waals surface area contributed by atoms with Gasteiger partial charge in [0.1, 0.15) is 6.07 Å². The van der Waals surface area contributed by atoms with Crippen molar-refractivity contribution in [2.24, 2.45) is 0 Å². The van der Waals surface area contributed by atoms with Crippen LogP contribution in [0.15, 0.2) is 18.3 Å². The molecule has 6 heteroatoms. The third-order valence-electron chi connectivity index (χ3n) is 2.08. The summed E-state index contributed by atoms with van der Waals surface area (Å²) in [5, 5.41) is 27.1. The van der Waals surface area contributed by atoms with Gasteiger partial charge in [-0.1, -0.05) is 0 Å². The summed E-state index contributed by atoms with van der Waals surface area (Å²) in [5.74, 6) is 0. The second-order valence-corrected chi connectivity index (χ2v) is 3.58. The SMILES string of the molecule is CC(CC(=N)c1ccc(C#N)cn1)NC(=O)O. The fraction of sp³-hybridized carbons (Fsp3) is 0.273. The van der Waals surface area contributed by atoms with Crippen molar-refractivity contribution >= 4 is 11.8 Å². The van der Waals surface area contributed by atoms with E-state index in [-0.39, 0.29) is 18.2 Å². The number of aromatic nitrogens is 1. The minimum absolute atomic E-state index is 0.232. The Morgan fingerprint density at radius 1 is 1.71 bits per heavy atom. The average molecular weight is 232 g/mol. The van der Waals surface area contributed by atoms with Crippen LogP contribution in [0.3, 0.4) is 0 Å². The first-order chi connectivity index (χ1) is 8.02. The molecule has 1 amide bonds. The van der Waals surface area contributed by atoms with E-state index in [2.05, 4.69) is 10.3 Å². The molecule has 0 spiro atoms. The molecule has 0 saturated carbocycles. The molecular weight excluding hydrogens is 220 g/mol. The number of carboxylic acid groups (broad SMARTS) is 1. The predicted molar refractivity (Wildman–Crippen MR) is 61.0 cm³/mol. The molecule has 1 aromatic rings. The first-order valence-electron chi connectivity index (χ1n) is 4.96. The van der Waals surface area contributed by atoms with Crippen LogP contribution in [0.25, 0.3) is 0 Å². The van der Waals surface area contributed by atoms with E-state index < -0.39 is 6.09 Å². The van der Waals surface area contributed by atoms with E-state index in [9.17, 15) is 4.79 Å². The van der Waals surface area contributed by atoms with Gasteiger partial charge in [-0.3, -0.25) is 4.98 Å². The van der Waals surface area contributed by atoms with E-state index in [1.165, 1.54) is 6.20 Å². The quantitative estimate of drug-likeness (QED) is 0.681. The van der Waals surface area contributed by atoms with Gasteiger partial charge in [0, 0.05) is 18.7 Å². The normalized spacial score (nSPS) is 11.3. The van der Waals surface area contributed by atoms with Crippen LogP contribution in [0.1, 0.15) is 24.6 Å². The van der Waals surface area contributed by atoms with Gasteiger partial charge in [0.2, 0.25) is 0 Å². The molecule has 0 saturated heterocycles. The fourth-order valence-electron chi connectivity index (χ4n) is 1.31. The highest BCUT2D eigenvalue weighted by Gasteiger charge is 2.10. The molecule has 1 atom stereocenters. The molecular formula is C11H12N4O2. The van der Waals surface area contributed by atoms with E-state index in [4.69, 9.17) is 15.8 Å². The van der Waals surface area contributed by atoms with Crippen molar-refractivity contribution in [2.45, 2.75) is 19.4 Å². The molecule has 17 heavy (non-hydrogen) atoms. The summed E-state index contributed by atoms with van der Waals surface area (Å²) >= 11 is 0. The first kappa shape index (κ1) is 12.6. The van der Waals surface area contributed by atoms with Crippen LogP contribution in [0.5, 0.6) is 0 Å². The van der Waals surface area contributed by atoms with Crippen LogP contribution in [-0.4, -0.2) is 27.9 Å². The third-order valence-corrected chi connectivity index (χ3v) is 2.08. The van der Waals surface area contributed by atoms with Crippen molar-refractivity contribution in [1.82, 2.24) is 10.3 Å². The van der Waals surface area contributed by atoms with E-state index in [0.29, 0.717) is 11.3 Å². The molecule has 0 aliphatic heterocycles. The maximum atomic E-state index is 10.4. The molecule has 0 aromatic carbocycles. The van der Waals surface area contributed by atoms with Gasteiger partial charge in [0.25, 0.3) is 0 Å². The largest absolute Gasteiger partial charge is 0.465 e. The zero-order valence-corrected chi connectivity index (χ0v) is 9.27. The lowest BCUT2D eigenvalue weighted by molar-refractivity contribution is 0.191. The zero-order chi connectivity index (χ0) is 12.8. The Labute approximate surface area is 98.4 Å². The lowest BCUT2D eigenvalue weighted by Crippen LogP contribution is -2.33. The molecule has 0 bridgehead atoms. The molecule has 88 valence electrons. The Morgan fingerprint density at radius 3 is 2.88 bits per heavy atom. The van der Waals surface area contributed by atoms with Gasteiger partial charge in [-0.2, -0.15) is 5.26 Å². The van der Waals surface area contributed by atoms with E-state index in [0.717, 1.165) is 0 Å². The highest BCUT2D eigenvalue weighted by Crippen LogP contribution is 2.04.